The molecular weight excluding hydrogens is 213 g/mol. The first-order chi connectivity index (χ1) is 1.41. The van der Waals surface area contributed by atoms with E-state index in [2.05, 4.69) is 13.3 Å². The Morgan fingerprint density at radius 3 is 1.50 bits per heavy atom. The van der Waals surface area contributed by atoms with Crippen molar-refractivity contribution in [2.75, 3.05) is 0 Å². The van der Waals surface area contributed by atoms with Crippen LogP contribution in [0, 0.1) is 19.3 Å². The molecule has 0 spiro atoms. The van der Waals surface area contributed by atoms with E-state index in [4.69, 9.17) is 0 Å². The molecule has 0 aliphatic carbocycles. The van der Waals surface area contributed by atoms with Gasteiger partial charge in [-0.1, -0.05) is 0 Å². The van der Waals surface area contributed by atoms with Gasteiger partial charge in [-0.05, 0) is 0 Å². The zero-order valence-corrected chi connectivity index (χ0v) is 5.92. The molecule has 0 amide bonds. The third-order valence-electron chi connectivity index (χ3n) is 0. The van der Waals surface area contributed by atoms with Crippen LogP contribution in [0.1, 0.15) is 1.43 Å². The topological polar surface area (TPSA) is 0 Å². The van der Waals surface area contributed by atoms with E-state index >= 15 is 0 Å². The van der Waals surface area contributed by atoms with Crippen LogP contribution in [0.15, 0.2) is 0 Å². The summed E-state index contributed by atoms with van der Waals surface area (Å²) in [7, 11) is 0. The number of terminal acetylenes is 1. The van der Waals surface area contributed by atoms with E-state index < -0.39 is 0 Å². The van der Waals surface area contributed by atoms with Crippen molar-refractivity contribution in [2.24, 2.45) is 0 Å². The zero-order valence-electron chi connectivity index (χ0n) is 2.86. The summed E-state index contributed by atoms with van der Waals surface area (Å²) < 4.78 is 0. The summed E-state index contributed by atoms with van der Waals surface area (Å²) in [6, 6.07) is 0. The van der Waals surface area contributed by atoms with Crippen LogP contribution < -0.4 is 24.8 Å². The summed E-state index contributed by atoms with van der Waals surface area (Å²) in [5.74, 6) is 2.00. The van der Waals surface area contributed by atoms with Gasteiger partial charge in [0.1, 0.15) is 0 Å². The molecule has 1 radical (unpaired) electrons. The fourth-order valence-electron chi connectivity index (χ4n) is 0. The van der Waals surface area contributed by atoms with E-state index in [1.54, 1.807) is 0 Å². The summed E-state index contributed by atoms with van der Waals surface area (Å²) >= 11 is 0. The van der Waals surface area contributed by atoms with Crippen LogP contribution in [0.4, 0.5) is 0 Å². The van der Waals surface area contributed by atoms with E-state index in [-0.39, 0.29) is 46.7 Å². The number of hydrogen-bond acceptors (Lipinski definition) is 0. The number of halogens is 2. The second kappa shape index (κ2) is 41.2. The molecule has 0 aromatic carbocycles. The molecule has 0 N–H and O–H groups in total. The maximum absolute atomic E-state index is 4.49. The Bertz CT molecular complexity index is 34.4. The van der Waals surface area contributed by atoms with Gasteiger partial charge in [-0.3, -0.25) is 0 Å². The molecule has 0 aromatic heterocycles. The summed E-state index contributed by atoms with van der Waals surface area (Å²) in [6.07, 6.45) is 4.49. The molecular formula is C3H5Cl2Pd. The van der Waals surface area contributed by atoms with Gasteiger partial charge in [0, 0.05) is 8.35 Å². The van der Waals surface area contributed by atoms with Gasteiger partial charge >= 0.3 is 20.4 Å². The quantitative estimate of drug-likeness (QED) is 0.281. The standard InChI is InChI=1S/C3H3.2ClH.Pd.H2/c1-3-2;;;;/h1H,2H2;2*1H;;1H/q;;;+2;/p-2. The Labute approximate surface area is 66.0 Å². The first-order valence-corrected chi connectivity index (χ1v) is 0.642. The number of rotatable bonds is 0. The SMILES string of the molecule is C#C[CH2].[Cl-].[Cl-].[HH].[Pd+2]. The molecule has 0 aliphatic rings. The van der Waals surface area contributed by atoms with Crippen molar-refractivity contribution in [1.29, 1.82) is 0 Å². The van der Waals surface area contributed by atoms with Gasteiger partial charge in [0.15, 0.2) is 0 Å². The zero-order chi connectivity index (χ0) is 2.71. The van der Waals surface area contributed by atoms with Crippen LogP contribution >= 0.6 is 0 Å². The van der Waals surface area contributed by atoms with Crippen LogP contribution in [-0.2, 0) is 20.4 Å². The molecule has 0 bridgehead atoms. The largest absolute Gasteiger partial charge is 2.00 e. The van der Waals surface area contributed by atoms with E-state index in [1.807, 2.05) is 5.92 Å². The van der Waals surface area contributed by atoms with Crippen molar-refractivity contribution in [3.63, 3.8) is 0 Å². The monoisotopic (exact) mass is 217 g/mol. The van der Waals surface area contributed by atoms with Gasteiger partial charge in [-0.25, -0.2) is 0 Å². The fraction of sp³-hybridized carbons (Fsp3) is 0. The Morgan fingerprint density at radius 2 is 1.50 bits per heavy atom. The Hall–Kier alpha value is 0.802. The van der Waals surface area contributed by atoms with Crippen molar-refractivity contribution < 1.29 is 46.7 Å². The predicted molar refractivity (Wildman–Crippen MR) is 16.3 cm³/mol. The van der Waals surface area contributed by atoms with Crippen molar-refractivity contribution >= 4 is 0 Å². The molecule has 41 valence electrons. The minimum absolute atomic E-state index is 0. The van der Waals surface area contributed by atoms with Crippen molar-refractivity contribution in [1.82, 2.24) is 0 Å². The van der Waals surface area contributed by atoms with Crippen molar-refractivity contribution in [3.05, 3.63) is 6.92 Å². The van der Waals surface area contributed by atoms with Gasteiger partial charge in [-0.15, -0.1) is 12.3 Å². The van der Waals surface area contributed by atoms with Crippen molar-refractivity contribution in [3.8, 4) is 12.3 Å². The molecule has 3 heteroatoms. The number of hydrogen-bond donors (Lipinski definition) is 0. The summed E-state index contributed by atoms with van der Waals surface area (Å²) in [5, 5.41) is 0. The molecule has 0 aliphatic heterocycles. The second-order valence-electron chi connectivity index (χ2n) is 0.204. The summed E-state index contributed by atoms with van der Waals surface area (Å²) in [6.45, 7) is 3.01. The molecule has 0 atom stereocenters. The van der Waals surface area contributed by atoms with E-state index in [0.29, 0.717) is 0 Å². The third kappa shape index (κ3) is 108. The van der Waals surface area contributed by atoms with Crippen LogP contribution in [-0.4, -0.2) is 0 Å². The van der Waals surface area contributed by atoms with Crippen LogP contribution in [0.3, 0.4) is 0 Å². The first-order valence-electron chi connectivity index (χ1n) is 0.642. The van der Waals surface area contributed by atoms with Crippen LogP contribution in [0.2, 0.25) is 0 Å². The average Bonchev–Trinajstić information content (AvgIpc) is 0.918. The first kappa shape index (κ1) is 29.2. The molecule has 0 fully saturated rings. The third-order valence-corrected chi connectivity index (χ3v) is 0. The Balaban J connectivity index is -0.00000000333. The minimum Gasteiger partial charge on any atom is -1.00 e. The molecule has 0 heterocycles. The van der Waals surface area contributed by atoms with Gasteiger partial charge in [0.25, 0.3) is 0 Å². The van der Waals surface area contributed by atoms with Gasteiger partial charge < -0.3 is 24.8 Å². The van der Waals surface area contributed by atoms with E-state index in [1.165, 1.54) is 0 Å². The Morgan fingerprint density at radius 1 is 1.50 bits per heavy atom. The van der Waals surface area contributed by atoms with Crippen LogP contribution in [0.25, 0.3) is 0 Å². The smallest absolute Gasteiger partial charge is 1.00 e. The maximum Gasteiger partial charge on any atom is 2.00 e. The van der Waals surface area contributed by atoms with E-state index in [9.17, 15) is 0 Å². The fourth-order valence-corrected chi connectivity index (χ4v) is 0. The van der Waals surface area contributed by atoms with Crippen molar-refractivity contribution in [2.45, 2.75) is 0 Å². The van der Waals surface area contributed by atoms with Gasteiger partial charge in [-0.2, -0.15) is 0 Å². The molecule has 0 saturated carbocycles. The Kier molecular flexibility index (Phi) is 200. The van der Waals surface area contributed by atoms with E-state index in [0.717, 1.165) is 0 Å². The minimum atomic E-state index is 0. The predicted octanol–water partition coefficient (Wildman–Crippen LogP) is -5.29. The molecule has 0 rings (SSSR count). The second-order valence-corrected chi connectivity index (χ2v) is 0.204. The van der Waals surface area contributed by atoms with Gasteiger partial charge in [0.2, 0.25) is 0 Å². The normalized spacial score (nSPS) is 1.33. The van der Waals surface area contributed by atoms with Crippen LogP contribution in [0.5, 0.6) is 0 Å². The maximum atomic E-state index is 4.49. The molecule has 0 aromatic rings. The van der Waals surface area contributed by atoms with Gasteiger partial charge in [0.05, 0.1) is 0 Å². The summed E-state index contributed by atoms with van der Waals surface area (Å²) in [5.41, 5.74) is 0. The summed E-state index contributed by atoms with van der Waals surface area (Å²) in [4.78, 5) is 0. The molecule has 0 unspecified atom stereocenters. The molecule has 0 nitrogen and oxygen atoms in total. The molecule has 6 heavy (non-hydrogen) atoms. The molecule has 0 saturated heterocycles. The average molecular weight is 218 g/mol.